The van der Waals surface area contributed by atoms with Crippen molar-refractivity contribution in [3.8, 4) is 5.75 Å². The summed E-state index contributed by atoms with van der Waals surface area (Å²) in [5.74, 6) is -1.08. The van der Waals surface area contributed by atoms with E-state index in [0.717, 1.165) is 16.2 Å². The zero-order chi connectivity index (χ0) is 26.7. The van der Waals surface area contributed by atoms with Gasteiger partial charge in [0.15, 0.2) is 5.75 Å². The standard InChI is InChI=1S/C29H22N2O6S/c1-36-28(32)25-16-14-22(30-29(33)31-26-12-6-10-20-8-4-5-11-24(20)26)18-27(25)37-38(34,35)23-15-13-19-7-2-3-9-21(19)17-23/h2-18H,1H3,(H2,30,31,33). The van der Waals surface area contributed by atoms with Crippen LogP contribution in [0, 0.1) is 0 Å². The van der Waals surface area contributed by atoms with E-state index in [-0.39, 0.29) is 21.9 Å². The third-order valence-corrected chi connectivity index (χ3v) is 7.12. The van der Waals surface area contributed by atoms with Crippen molar-refractivity contribution in [2.24, 2.45) is 0 Å². The van der Waals surface area contributed by atoms with Crippen molar-refractivity contribution in [1.29, 1.82) is 0 Å². The molecule has 8 nitrogen and oxygen atoms in total. The van der Waals surface area contributed by atoms with Crippen LogP contribution in [0.2, 0.25) is 0 Å². The van der Waals surface area contributed by atoms with Crippen LogP contribution in [-0.4, -0.2) is 27.5 Å². The molecule has 0 spiro atoms. The first kappa shape index (κ1) is 24.8. The monoisotopic (exact) mass is 526 g/mol. The Morgan fingerprint density at radius 3 is 2.21 bits per heavy atom. The van der Waals surface area contributed by atoms with E-state index in [1.165, 1.54) is 37.4 Å². The Hall–Kier alpha value is -4.89. The second kappa shape index (κ2) is 10.2. The van der Waals surface area contributed by atoms with Crippen molar-refractivity contribution in [3.63, 3.8) is 0 Å². The molecule has 0 atom stereocenters. The molecule has 0 aliphatic rings. The summed E-state index contributed by atoms with van der Waals surface area (Å²) in [7, 11) is -3.15. The molecule has 9 heteroatoms. The van der Waals surface area contributed by atoms with Crippen LogP contribution in [0.4, 0.5) is 16.2 Å². The molecule has 5 rings (SSSR count). The highest BCUT2D eigenvalue weighted by Gasteiger charge is 2.23. The topological polar surface area (TPSA) is 111 Å². The molecule has 2 N–H and O–H groups in total. The summed E-state index contributed by atoms with van der Waals surface area (Å²) in [6.07, 6.45) is 0. The average Bonchev–Trinajstić information content (AvgIpc) is 2.92. The van der Waals surface area contributed by atoms with E-state index in [0.29, 0.717) is 11.1 Å². The number of amides is 2. The fourth-order valence-corrected chi connectivity index (χ4v) is 5.03. The first-order valence-corrected chi connectivity index (χ1v) is 13.0. The van der Waals surface area contributed by atoms with Gasteiger partial charge in [0.1, 0.15) is 10.5 Å². The Balaban J connectivity index is 1.42. The molecular formula is C29H22N2O6S. The van der Waals surface area contributed by atoms with E-state index < -0.39 is 22.1 Å². The number of fused-ring (bicyclic) bond motifs is 2. The maximum absolute atomic E-state index is 13.1. The minimum atomic E-state index is -4.32. The molecule has 0 aliphatic carbocycles. The van der Waals surface area contributed by atoms with Gasteiger partial charge in [0.05, 0.1) is 12.8 Å². The fourth-order valence-electron chi connectivity index (χ4n) is 4.06. The van der Waals surface area contributed by atoms with Crippen LogP contribution in [-0.2, 0) is 14.9 Å². The zero-order valence-electron chi connectivity index (χ0n) is 20.2. The normalized spacial score (nSPS) is 11.2. The second-order valence-corrected chi connectivity index (χ2v) is 9.90. The average molecular weight is 527 g/mol. The predicted molar refractivity (Wildman–Crippen MR) is 146 cm³/mol. The van der Waals surface area contributed by atoms with Gasteiger partial charge in [-0.05, 0) is 46.5 Å². The fraction of sp³-hybridized carbons (Fsp3) is 0.0345. The molecule has 0 saturated carbocycles. The number of hydrogen-bond acceptors (Lipinski definition) is 6. The van der Waals surface area contributed by atoms with Gasteiger partial charge in [-0.2, -0.15) is 8.42 Å². The van der Waals surface area contributed by atoms with Gasteiger partial charge in [0.2, 0.25) is 0 Å². The van der Waals surface area contributed by atoms with Gasteiger partial charge in [0, 0.05) is 17.1 Å². The number of ether oxygens (including phenoxy) is 1. The largest absolute Gasteiger partial charge is 0.465 e. The van der Waals surface area contributed by atoms with Crippen LogP contribution in [0.15, 0.2) is 108 Å². The van der Waals surface area contributed by atoms with Gasteiger partial charge in [-0.1, -0.05) is 66.7 Å². The van der Waals surface area contributed by atoms with E-state index >= 15 is 0 Å². The molecule has 0 aliphatic heterocycles. The van der Waals surface area contributed by atoms with Crippen LogP contribution in [0.25, 0.3) is 21.5 Å². The maximum atomic E-state index is 13.1. The van der Waals surface area contributed by atoms with Gasteiger partial charge in [-0.25, -0.2) is 9.59 Å². The Labute approximate surface area is 218 Å². The molecule has 0 bridgehead atoms. The van der Waals surface area contributed by atoms with Crippen molar-refractivity contribution < 1.29 is 26.9 Å². The molecule has 2 amide bonds. The molecule has 0 fully saturated rings. The Bertz CT molecular complexity index is 1800. The van der Waals surface area contributed by atoms with E-state index in [1.54, 1.807) is 24.3 Å². The van der Waals surface area contributed by atoms with E-state index in [9.17, 15) is 18.0 Å². The van der Waals surface area contributed by atoms with Gasteiger partial charge in [0.25, 0.3) is 0 Å². The summed E-state index contributed by atoms with van der Waals surface area (Å²) in [6.45, 7) is 0. The van der Waals surface area contributed by atoms with Crippen molar-refractivity contribution >= 4 is 55.0 Å². The SMILES string of the molecule is COC(=O)c1ccc(NC(=O)Nc2cccc3ccccc23)cc1OS(=O)(=O)c1ccc2ccccc2c1. The summed E-state index contributed by atoms with van der Waals surface area (Å²) < 4.78 is 36.4. The number of rotatable bonds is 6. The van der Waals surface area contributed by atoms with Crippen molar-refractivity contribution in [2.45, 2.75) is 4.90 Å². The van der Waals surface area contributed by atoms with Gasteiger partial charge in [-0.15, -0.1) is 0 Å². The molecule has 5 aromatic rings. The summed E-state index contributed by atoms with van der Waals surface area (Å²) >= 11 is 0. The van der Waals surface area contributed by atoms with Crippen LogP contribution in [0.3, 0.4) is 0 Å². The maximum Gasteiger partial charge on any atom is 0.341 e. The number of benzene rings is 5. The first-order chi connectivity index (χ1) is 18.3. The van der Waals surface area contributed by atoms with Crippen molar-refractivity contribution in [1.82, 2.24) is 0 Å². The molecule has 0 radical (unpaired) electrons. The molecule has 0 unspecified atom stereocenters. The molecular weight excluding hydrogens is 504 g/mol. The lowest BCUT2D eigenvalue weighted by Crippen LogP contribution is -2.20. The minimum absolute atomic E-state index is 0.0842. The minimum Gasteiger partial charge on any atom is -0.465 e. The first-order valence-electron chi connectivity index (χ1n) is 11.6. The third kappa shape index (κ3) is 5.14. The number of hydrogen-bond donors (Lipinski definition) is 2. The number of nitrogens with one attached hydrogen (secondary N) is 2. The number of methoxy groups -OCH3 is 1. The smallest absolute Gasteiger partial charge is 0.341 e. The molecule has 190 valence electrons. The Morgan fingerprint density at radius 1 is 0.711 bits per heavy atom. The number of esters is 1. The van der Waals surface area contributed by atoms with E-state index in [4.69, 9.17) is 8.92 Å². The summed E-state index contributed by atoms with van der Waals surface area (Å²) in [5, 5.41) is 8.84. The van der Waals surface area contributed by atoms with Crippen LogP contribution < -0.4 is 14.8 Å². The van der Waals surface area contributed by atoms with Gasteiger partial charge >= 0.3 is 22.1 Å². The van der Waals surface area contributed by atoms with Gasteiger partial charge in [-0.3, -0.25) is 0 Å². The number of anilines is 2. The Kier molecular flexibility index (Phi) is 6.68. The van der Waals surface area contributed by atoms with Crippen LogP contribution in [0.1, 0.15) is 10.4 Å². The van der Waals surface area contributed by atoms with Crippen LogP contribution >= 0.6 is 0 Å². The summed E-state index contributed by atoms with van der Waals surface area (Å²) in [6, 6.07) is 28.5. The quantitative estimate of drug-likeness (QED) is 0.202. The lowest BCUT2D eigenvalue weighted by Gasteiger charge is -2.14. The molecule has 0 aromatic heterocycles. The van der Waals surface area contributed by atoms with Crippen molar-refractivity contribution in [3.05, 3.63) is 109 Å². The highest BCUT2D eigenvalue weighted by Crippen LogP contribution is 2.29. The van der Waals surface area contributed by atoms with E-state index in [2.05, 4.69) is 10.6 Å². The van der Waals surface area contributed by atoms with Crippen LogP contribution in [0.5, 0.6) is 5.75 Å². The summed E-state index contributed by atoms with van der Waals surface area (Å²) in [5.41, 5.74) is 0.693. The van der Waals surface area contributed by atoms with Gasteiger partial charge < -0.3 is 19.6 Å². The zero-order valence-corrected chi connectivity index (χ0v) is 21.0. The lowest BCUT2D eigenvalue weighted by atomic mass is 10.1. The molecule has 0 saturated heterocycles. The molecule has 5 aromatic carbocycles. The lowest BCUT2D eigenvalue weighted by molar-refractivity contribution is 0.0599. The highest BCUT2D eigenvalue weighted by atomic mass is 32.2. The molecule has 0 heterocycles. The summed E-state index contributed by atoms with van der Waals surface area (Å²) in [4.78, 5) is 25.0. The van der Waals surface area contributed by atoms with E-state index in [1.807, 2.05) is 48.5 Å². The number of urea groups is 1. The van der Waals surface area contributed by atoms with Crippen molar-refractivity contribution in [2.75, 3.05) is 17.7 Å². The second-order valence-electron chi connectivity index (χ2n) is 8.35. The number of carbonyl (C=O) groups is 2. The number of carbonyl (C=O) groups excluding carboxylic acids is 2. The molecule has 38 heavy (non-hydrogen) atoms. The predicted octanol–water partition coefficient (Wildman–Crippen LogP) is 6.19. The Morgan fingerprint density at radius 2 is 1.42 bits per heavy atom. The highest BCUT2D eigenvalue weighted by molar-refractivity contribution is 7.87. The third-order valence-electron chi connectivity index (χ3n) is 5.89.